The lowest BCUT2D eigenvalue weighted by Gasteiger charge is -2.28. The van der Waals surface area contributed by atoms with Crippen LogP contribution in [-0.4, -0.2) is 16.1 Å². The molecule has 0 aromatic heterocycles. The molecule has 0 nitrogen and oxygen atoms in total. The molecule has 0 spiro atoms. The fourth-order valence-electron chi connectivity index (χ4n) is 0.557. The average molecular weight is 269 g/mol. The molecule has 0 aliphatic heterocycles. The molecule has 9 heteroatoms. The van der Waals surface area contributed by atoms with E-state index in [1.807, 2.05) is 0 Å². The second kappa shape index (κ2) is 3.55. The second-order valence-electron chi connectivity index (χ2n) is 2.06. The van der Waals surface area contributed by atoms with Crippen LogP contribution in [0.4, 0.5) is 26.3 Å². The summed E-state index contributed by atoms with van der Waals surface area (Å²) < 4.78 is 67.0. The number of hydrogen-bond acceptors (Lipinski definition) is 0. The molecule has 0 heterocycles. The lowest BCUT2D eigenvalue weighted by molar-refractivity contribution is -0.282. The summed E-state index contributed by atoms with van der Waals surface area (Å²) in [5, 5.41) is 0. The zero-order valence-electron chi connectivity index (χ0n) is 5.48. The molecule has 0 N–H and O–H groups in total. The summed E-state index contributed by atoms with van der Waals surface area (Å²) in [6.07, 6.45) is -11.3. The largest absolute Gasteiger partial charge is 0.404 e. The van der Waals surface area contributed by atoms with E-state index in [-0.39, 0.29) is 0 Å². The molecule has 0 atom stereocenters. The molecule has 0 unspecified atom stereocenters. The van der Waals surface area contributed by atoms with Gasteiger partial charge in [0.15, 0.2) is 5.92 Å². The van der Waals surface area contributed by atoms with Crippen LogP contribution in [0.25, 0.3) is 0 Å². The van der Waals surface area contributed by atoms with Gasteiger partial charge in [-0.05, 0) is 0 Å². The highest BCUT2D eigenvalue weighted by molar-refractivity contribution is 6.67. The zero-order valence-corrected chi connectivity index (χ0v) is 7.75. The van der Waals surface area contributed by atoms with Crippen molar-refractivity contribution in [3.05, 3.63) is 0 Å². The van der Waals surface area contributed by atoms with Crippen LogP contribution in [0.2, 0.25) is 0 Å². The van der Waals surface area contributed by atoms with Crippen molar-refractivity contribution in [1.82, 2.24) is 0 Å². The molecular formula is C4HCl3F6. The number of hydrogen-bond donors (Lipinski definition) is 0. The first kappa shape index (κ1) is 13.4. The van der Waals surface area contributed by atoms with Crippen molar-refractivity contribution in [2.45, 2.75) is 16.1 Å². The normalized spacial score (nSPS) is 15.2. The van der Waals surface area contributed by atoms with Crippen molar-refractivity contribution < 1.29 is 26.3 Å². The van der Waals surface area contributed by atoms with Crippen LogP contribution in [0.15, 0.2) is 0 Å². The molecule has 0 rings (SSSR count). The Hall–Kier alpha value is 0.450. The van der Waals surface area contributed by atoms with Gasteiger partial charge < -0.3 is 0 Å². The minimum Gasteiger partial charge on any atom is -0.170 e. The third kappa shape index (κ3) is 3.99. The predicted octanol–water partition coefficient (Wildman–Crippen LogP) is 4.10. The zero-order chi connectivity index (χ0) is 11.1. The van der Waals surface area contributed by atoms with Crippen molar-refractivity contribution in [2.24, 2.45) is 5.92 Å². The van der Waals surface area contributed by atoms with Gasteiger partial charge in [-0.3, -0.25) is 0 Å². The van der Waals surface area contributed by atoms with Gasteiger partial charge in [0.25, 0.3) is 0 Å². The maximum atomic E-state index is 11.7. The average Bonchev–Trinajstić information content (AvgIpc) is 1.44. The highest BCUT2D eigenvalue weighted by Crippen LogP contribution is 2.52. The van der Waals surface area contributed by atoms with E-state index >= 15 is 0 Å². The molecule has 0 saturated carbocycles. The molecular weight excluding hydrogens is 268 g/mol. The Bertz CT molecular complexity index is 143. The summed E-state index contributed by atoms with van der Waals surface area (Å²) in [4.78, 5) is 0. The van der Waals surface area contributed by atoms with Crippen LogP contribution in [0.1, 0.15) is 0 Å². The van der Waals surface area contributed by atoms with E-state index in [1.54, 1.807) is 0 Å². The molecule has 0 aliphatic carbocycles. The molecule has 0 saturated heterocycles. The Kier molecular flexibility index (Phi) is 3.67. The van der Waals surface area contributed by atoms with Gasteiger partial charge in [-0.15, -0.1) is 0 Å². The Morgan fingerprint density at radius 3 is 0.923 bits per heavy atom. The maximum absolute atomic E-state index is 11.7. The van der Waals surface area contributed by atoms with Crippen molar-refractivity contribution in [2.75, 3.05) is 0 Å². The summed E-state index contributed by atoms with van der Waals surface area (Å²) in [5.74, 6) is -3.97. The van der Waals surface area contributed by atoms with Gasteiger partial charge in [-0.25, -0.2) is 0 Å². The van der Waals surface area contributed by atoms with Gasteiger partial charge in [-0.1, -0.05) is 34.8 Å². The van der Waals surface area contributed by atoms with Crippen LogP contribution in [0.3, 0.4) is 0 Å². The van der Waals surface area contributed by atoms with Gasteiger partial charge in [0, 0.05) is 0 Å². The molecule has 0 radical (unpaired) electrons. The monoisotopic (exact) mass is 268 g/mol. The lowest BCUT2D eigenvalue weighted by Crippen LogP contribution is -2.45. The summed E-state index contributed by atoms with van der Waals surface area (Å²) in [7, 11) is 0. The fraction of sp³-hybridized carbons (Fsp3) is 1.00. The Morgan fingerprint density at radius 1 is 0.692 bits per heavy atom. The molecule has 13 heavy (non-hydrogen) atoms. The van der Waals surface area contributed by atoms with Crippen LogP contribution >= 0.6 is 34.8 Å². The highest BCUT2D eigenvalue weighted by Gasteiger charge is 2.65. The predicted molar refractivity (Wildman–Crippen MR) is 35.9 cm³/mol. The van der Waals surface area contributed by atoms with Crippen LogP contribution in [-0.2, 0) is 0 Å². The minimum absolute atomic E-state index is 3.45. The van der Waals surface area contributed by atoms with E-state index in [1.165, 1.54) is 0 Å². The maximum Gasteiger partial charge on any atom is 0.404 e. The molecule has 0 aromatic rings. The topological polar surface area (TPSA) is 0 Å². The number of alkyl halides is 9. The molecule has 0 aliphatic rings. The SMILES string of the molecule is FC(F)(F)C(C(F)(F)F)C(Cl)(Cl)Cl. The second-order valence-corrected chi connectivity index (χ2v) is 4.43. The van der Waals surface area contributed by atoms with E-state index in [0.717, 1.165) is 0 Å². The summed E-state index contributed by atoms with van der Waals surface area (Å²) in [6, 6.07) is 0. The van der Waals surface area contributed by atoms with Crippen molar-refractivity contribution in [3.8, 4) is 0 Å². The van der Waals surface area contributed by atoms with E-state index in [0.29, 0.717) is 0 Å². The quantitative estimate of drug-likeness (QED) is 0.459. The van der Waals surface area contributed by atoms with Crippen LogP contribution in [0.5, 0.6) is 0 Å². The first-order chi connectivity index (χ1) is 5.37. The summed E-state index contributed by atoms with van der Waals surface area (Å²) in [5.41, 5.74) is 0. The van der Waals surface area contributed by atoms with E-state index < -0.39 is 22.1 Å². The smallest absolute Gasteiger partial charge is 0.170 e. The van der Waals surface area contributed by atoms with E-state index in [4.69, 9.17) is 0 Å². The van der Waals surface area contributed by atoms with Crippen molar-refractivity contribution in [3.63, 3.8) is 0 Å². The number of rotatable bonds is 0. The molecule has 0 aromatic carbocycles. The first-order valence-corrected chi connectivity index (χ1v) is 3.70. The summed E-state index contributed by atoms with van der Waals surface area (Å²) >= 11 is 13.7. The molecule has 0 amide bonds. The van der Waals surface area contributed by atoms with Crippen molar-refractivity contribution >= 4 is 34.8 Å². The van der Waals surface area contributed by atoms with E-state index in [2.05, 4.69) is 34.8 Å². The highest BCUT2D eigenvalue weighted by atomic mass is 35.6. The number of halogens is 9. The molecule has 0 bridgehead atoms. The Balaban J connectivity index is 5.02. The lowest BCUT2D eigenvalue weighted by atomic mass is 10.1. The van der Waals surface area contributed by atoms with Crippen LogP contribution in [0, 0.1) is 5.92 Å². The molecule has 0 fully saturated rings. The van der Waals surface area contributed by atoms with Gasteiger partial charge in [-0.2, -0.15) is 26.3 Å². The first-order valence-electron chi connectivity index (χ1n) is 2.57. The van der Waals surface area contributed by atoms with Crippen LogP contribution < -0.4 is 0 Å². The Morgan fingerprint density at radius 2 is 0.923 bits per heavy atom. The summed E-state index contributed by atoms with van der Waals surface area (Å²) in [6.45, 7) is 0. The van der Waals surface area contributed by atoms with Gasteiger partial charge in [0.1, 0.15) is 0 Å². The standard InChI is InChI=1S/C4HCl3F6/c5-2(6,7)1(3(8,9)10)4(11,12)13/h1H. The third-order valence-electron chi connectivity index (χ3n) is 0.982. The van der Waals surface area contributed by atoms with Crippen molar-refractivity contribution in [1.29, 1.82) is 0 Å². The minimum atomic E-state index is -5.64. The molecule has 80 valence electrons. The fourth-order valence-corrected chi connectivity index (χ4v) is 1.30. The third-order valence-corrected chi connectivity index (χ3v) is 1.64. The van der Waals surface area contributed by atoms with Gasteiger partial charge in [0.2, 0.25) is 3.79 Å². The van der Waals surface area contributed by atoms with Gasteiger partial charge in [0.05, 0.1) is 0 Å². The van der Waals surface area contributed by atoms with E-state index in [9.17, 15) is 26.3 Å². The van der Waals surface area contributed by atoms with Gasteiger partial charge >= 0.3 is 12.4 Å². The Labute approximate surface area is 83.7 Å².